The summed E-state index contributed by atoms with van der Waals surface area (Å²) in [5.74, 6) is 0. The molecule has 1 unspecified atom stereocenters. The Morgan fingerprint density at radius 2 is 2.00 bits per heavy atom. The van der Waals surface area contributed by atoms with Crippen LogP contribution >= 0.6 is 0 Å². The van der Waals surface area contributed by atoms with Crippen molar-refractivity contribution in [2.45, 2.75) is 31.7 Å². The van der Waals surface area contributed by atoms with E-state index < -0.39 is 0 Å². The quantitative estimate of drug-likeness (QED) is 0.680. The highest BCUT2D eigenvalue weighted by atomic mass is 15.3. The molecule has 0 amide bonds. The Labute approximate surface area is 90.6 Å². The predicted molar refractivity (Wildman–Crippen MR) is 63.5 cm³/mol. The first kappa shape index (κ1) is 8.96. The molecule has 1 atom stereocenters. The highest BCUT2D eigenvalue weighted by Crippen LogP contribution is 2.29. The van der Waals surface area contributed by atoms with Gasteiger partial charge in [0.2, 0.25) is 0 Å². The monoisotopic (exact) mass is 200 g/mol. The highest BCUT2D eigenvalue weighted by molar-refractivity contribution is 5.95. The van der Waals surface area contributed by atoms with Crippen LogP contribution in [0.1, 0.15) is 25.7 Å². The first-order valence-electron chi connectivity index (χ1n) is 5.80. The largest absolute Gasteiger partial charge is 0.344 e. The van der Waals surface area contributed by atoms with Crippen LogP contribution in [0.5, 0.6) is 0 Å². The van der Waals surface area contributed by atoms with Crippen LogP contribution in [-0.4, -0.2) is 18.4 Å². The number of nitrogens with zero attached hydrogens (tertiary/aromatic N) is 2. The standard InChI is InChI=1S/C13H16N2/c1-2-6-11(7-3-1)15-10-14-12-8-4-5-9-13(12)15/h1-3,6-7,13H,4-5,8-10H2. The minimum absolute atomic E-state index is 0.598. The number of hydrogen-bond donors (Lipinski definition) is 0. The molecule has 2 nitrogen and oxygen atoms in total. The van der Waals surface area contributed by atoms with Crippen molar-refractivity contribution in [1.82, 2.24) is 0 Å². The molecule has 2 heteroatoms. The zero-order valence-corrected chi connectivity index (χ0v) is 8.89. The van der Waals surface area contributed by atoms with Crippen molar-refractivity contribution in [1.29, 1.82) is 0 Å². The second-order valence-electron chi connectivity index (χ2n) is 4.36. The van der Waals surface area contributed by atoms with Crippen molar-refractivity contribution in [2.75, 3.05) is 11.6 Å². The Morgan fingerprint density at radius 1 is 1.13 bits per heavy atom. The van der Waals surface area contributed by atoms with E-state index in [-0.39, 0.29) is 0 Å². The minimum Gasteiger partial charge on any atom is -0.344 e. The zero-order chi connectivity index (χ0) is 10.1. The number of hydrogen-bond acceptors (Lipinski definition) is 2. The lowest BCUT2D eigenvalue weighted by Crippen LogP contribution is -2.37. The van der Waals surface area contributed by atoms with E-state index in [0.29, 0.717) is 6.04 Å². The van der Waals surface area contributed by atoms with Gasteiger partial charge in [0.05, 0.1) is 6.04 Å². The molecule has 1 aromatic rings. The van der Waals surface area contributed by atoms with E-state index in [4.69, 9.17) is 0 Å². The Balaban J connectivity index is 1.85. The van der Waals surface area contributed by atoms with E-state index >= 15 is 0 Å². The number of para-hydroxylation sites is 1. The van der Waals surface area contributed by atoms with Crippen molar-refractivity contribution >= 4 is 11.4 Å². The fourth-order valence-corrected chi connectivity index (χ4v) is 2.64. The molecule has 1 aliphatic carbocycles. The molecule has 1 saturated carbocycles. The molecule has 1 aromatic carbocycles. The van der Waals surface area contributed by atoms with E-state index in [9.17, 15) is 0 Å². The molecule has 78 valence electrons. The summed E-state index contributed by atoms with van der Waals surface area (Å²) in [5, 5.41) is 0. The smallest absolute Gasteiger partial charge is 0.110 e. The molecule has 0 N–H and O–H groups in total. The van der Waals surface area contributed by atoms with Gasteiger partial charge in [0, 0.05) is 11.4 Å². The van der Waals surface area contributed by atoms with Gasteiger partial charge in [-0.2, -0.15) is 0 Å². The molecular formula is C13H16N2. The maximum atomic E-state index is 4.66. The highest BCUT2D eigenvalue weighted by Gasteiger charge is 2.30. The lowest BCUT2D eigenvalue weighted by molar-refractivity contribution is 0.596. The van der Waals surface area contributed by atoms with Crippen molar-refractivity contribution in [3.63, 3.8) is 0 Å². The van der Waals surface area contributed by atoms with Gasteiger partial charge in [-0.3, -0.25) is 4.99 Å². The number of fused-ring (bicyclic) bond motifs is 1. The van der Waals surface area contributed by atoms with Crippen LogP contribution in [0, 0.1) is 0 Å². The average molecular weight is 200 g/mol. The lowest BCUT2D eigenvalue weighted by atomic mass is 9.93. The topological polar surface area (TPSA) is 15.6 Å². The summed E-state index contributed by atoms with van der Waals surface area (Å²) >= 11 is 0. The van der Waals surface area contributed by atoms with E-state index in [0.717, 1.165) is 6.67 Å². The first-order valence-corrected chi connectivity index (χ1v) is 5.80. The maximum absolute atomic E-state index is 4.66. The normalized spacial score (nSPS) is 24.9. The molecule has 0 saturated heterocycles. The summed E-state index contributed by atoms with van der Waals surface area (Å²) < 4.78 is 0. The number of aliphatic imine (C=N–C) groups is 1. The summed E-state index contributed by atoms with van der Waals surface area (Å²) in [5.41, 5.74) is 2.76. The van der Waals surface area contributed by atoms with Gasteiger partial charge in [-0.25, -0.2) is 0 Å². The van der Waals surface area contributed by atoms with Crippen LogP contribution in [0.25, 0.3) is 0 Å². The van der Waals surface area contributed by atoms with Gasteiger partial charge in [0.15, 0.2) is 0 Å². The lowest BCUT2D eigenvalue weighted by Gasteiger charge is -2.29. The van der Waals surface area contributed by atoms with Crippen LogP contribution < -0.4 is 4.90 Å². The fourth-order valence-electron chi connectivity index (χ4n) is 2.64. The SMILES string of the molecule is c1ccc(N2CN=C3CCCCC32)cc1. The van der Waals surface area contributed by atoms with Gasteiger partial charge < -0.3 is 4.90 Å². The molecular weight excluding hydrogens is 184 g/mol. The van der Waals surface area contributed by atoms with Crippen molar-refractivity contribution in [3.05, 3.63) is 30.3 Å². The molecule has 15 heavy (non-hydrogen) atoms. The summed E-state index contributed by atoms with van der Waals surface area (Å²) in [6.07, 6.45) is 5.19. The Hall–Kier alpha value is -1.31. The van der Waals surface area contributed by atoms with Gasteiger partial charge in [-0.05, 0) is 31.4 Å². The molecule has 2 aliphatic rings. The van der Waals surface area contributed by atoms with E-state index in [1.807, 2.05) is 0 Å². The summed E-state index contributed by atoms with van der Waals surface area (Å²) in [6, 6.07) is 11.3. The molecule has 1 aliphatic heterocycles. The van der Waals surface area contributed by atoms with Crippen LogP contribution in [0.2, 0.25) is 0 Å². The Morgan fingerprint density at radius 3 is 2.87 bits per heavy atom. The Bertz CT molecular complexity index is 369. The second kappa shape index (κ2) is 3.69. The van der Waals surface area contributed by atoms with Gasteiger partial charge in [0.25, 0.3) is 0 Å². The summed E-state index contributed by atoms with van der Waals surface area (Å²) in [6.45, 7) is 0.865. The van der Waals surface area contributed by atoms with Crippen molar-refractivity contribution in [2.24, 2.45) is 4.99 Å². The third kappa shape index (κ3) is 1.54. The van der Waals surface area contributed by atoms with Gasteiger partial charge >= 0.3 is 0 Å². The molecule has 0 bridgehead atoms. The predicted octanol–water partition coefficient (Wildman–Crippen LogP) is 2.85. The fraction of sp³-hybridized carbons (Fsp3) is 0.462. The summed E-state index contributed by atoms with van der Waals surface area (Å²) in [4.78, 5) is 7.10. The number of anilines is 1. The van der Waals surface area contributed by atoms with Crippen LogP contribution in [0.15, 0.2) is 35.3 Å². The second-order valence-corrected chi connectivity index (χ2v) is 4.36. The van der Waals surface area contributed by atoms with Gasteiger partial charge in [0.1, 0.15) is 6.67 Å². The minimum atomic E-state index is 0.598. The third-order valence-corrected chi connectivity index (χ3v) is 3.44. The number of rotatable bonds is 1. The van der Waals surface area contributed by atoms with Crippen LogP contribution in [0.3, 0.4) is 0 Å². The maximum Gasteiger partial charge on any atom is 0.110 e. The van der Waals surface area contributed by atoms with Gasteiger partial charge in [-0.15, -0.1) is 0 Å². The van der Waals surface area contributed by atoms with Crippen molar-refractivity contribution in [3.8, 4) is 0 Å². The van der Waals surface area contributed by atoms with Crippen LogP contribution in [0.4, 0.5) is 5.69 Å². The average Bonchev–Trinajstić information content (AvgIpc) is 2.74. The van der Waals surface area contributed by atoms with Crippen LogP contribution in [-0.2, 0) is 0 Å². The van der Waals surface area contributed by atoms with E-state index in [2.05, 4.69) is 40.2 Å². The van der Waals surface area contributed by atoms with Gasteiger partial charge in [-0.1, -0.05) is 24.6 Å². The number of benzene rings is 1. The third-order valence-electron chi connectivity index (χ3n) is 3.44. The molecule has 1 fully saturated rings. The molecule has 0 spiro atoms. The van der Waals surface area contributed by atoms with Crippen molar-refractivity contribution < 1.29 is 0 Å². The van der Waals surface area contributed by atoms with E-state index in [1.54, 1.807) is 0 Å². The molecule has 1 heterocycles. The zero-order valence-electron chi connectivity index (χ0n) is 8.89. The molecule has 0 aromatic heterocycles. The molecule has 0 radical (unpaired) electrons. The first-order chi connectivity index (χ1) is 7.45. The Kier molecular flexibility index (Phi) is 2.20. The molecule has 3 rings (SSSR count). The van der Waals surface area contributed by atoms with E-state index in [1.165, 1.54) is 37.1 Å². The summed E-state index contributed by atoms with van der Waals surface area (Å²) in [7, 11) is 0.